The van der Waals surface area contributed by atoms with Crippen molar-refractivity contribution in [1.82, 2.24) is 4.90 Å². The van der Waals surface area contributed by atoms with Gasteiger partial charge in [-0.1, -0.05) is 29.8 Å². The molecular formula is C19H19NO2S. The Morgan fingerprint density at radius 1 is 1.13 bits per heavy atom. The van der Waals surface area contributed by atoms with E-state index in [4.69, 9.17) is 4.42 Å². The number of hydrogen-bond donors (Lipinski definition) is 0. The lowest BCUT2D eigenvalue weighted by atomic mass is 10.1. The highest BCUT2D eigenvalue weighted by Crippen LogP contribution is 2.15. The predicted octanol–water partition coefficient (Wildman–Crippen LogP) is 4.42. The molecule has 3 nitrogen and oxygen atoms in total. The maximum absolute atomic E-state index is 12.8. The van der Waals surface area contributed by atoms with Crippen LogP contribution in [-0.4, -0.2) is 10.8 Å². The van der Waals surface area contributed by atoms with Gasteiger partial charge in [-0.2, -0.15) is 11.3 Å². The standard InChI is InChI=1S/C19H19NO2S/c1-15-4-2-5-16(10-15)11-19(21)20(12-17-7-9-23-14-17)13-18-6-3-8-22-18/h2-10,14H,11-13H2,1H3. The summed E-state index contributed by atoms with van der Waals surface area (Å²) in [7, 11) is 0. The maximum Gasteiger partial charge on any atom is 0.227 e. The van der Waals surface area contributed by atoms with Crippen molar-refractivity contribution >= 4 is 17.2 Å². The zero-order chi connectivity index (χ0) is 16.1. The fourth-order valence-corrected chi connectivity index (χ4v) is 3.19. The number of rotatable bonds is 6. The molecule has 3 rings (SSSR count). The smallest absolute Gasteiger partial charge is 0.227 e. The number of hydrogen-bond acceptors (Lipinski definition) is 3. The molecule has 0 fully saturated rings. The molecule has 0 radical (unpaired) electrons. The number of aryl methyl sites for hydroxylation is 1. The van der Waals surface area contributed by atoms with Crippen LogP contribution < -0.4 is 0 Å². The third-order valence-electron chi connectivity index (χ3n) is 3.67. The number of furan rings is 1. The largest absolute Gasteiger partial charge is 0.467 e. The Bertz CT molecular complexity index is 711. The summed E-state index contributed by atoms with van der Waals surface area (Å²) in [5, 5.41) is 4.11. The molecule has 0 spiro atoms. The summed E-state index contributed by atoms with van der Waals surface area (Å²) in [6.45, 7) is 3.14. The molecule has 1 aromatic carbocycles. The first kappa shape index (κ1) is 15.6. The summed E-state index contributed by atoms with van der Waals surface area (Å²) in [5.74, 6) is 0.913. The van der Waals surface area contributed by atoms with Gasteiger partial charge in [0, 0.05) is 6.54 Å². The number of thiophene rings is 1. The van der Waals surface area contributed by atoms with Gasteiger partial charge in [-0.3, -0.25) is 4.79 Å². The predicted molar refractivity (Wildman–Crippen MR) is 92.2 cm³/mol. The van der Waals surface area contributed by atoms with E-state index >= 15 is 0 Å². The molecule has 0 atom stereocenters. The van der Waals surface area contributed by atoms with Crippen LogP contribution in [0.4, 0.5) is 0 Å². The van der Waals surface area contributed by atoms with E-state index in [9.17, 15) is 4.79 Å². The Labute approximate surface area is 140 Å². The molecule has 118 valence electrons. The summed E-state index contributed by atoms with van der Waals surface area (Å²) in [6.07, 6.45) is 2.05. The van der Waals surface area contributed by atoms with Crippen LogP contribution in [0.2, 0.25) is 0 Å². The summed E-state index contributed by atoms with van der Waals surface area (Å²) in [6, 6.07) is 13.9. The monoisotopic (exact) mass is 325 g/mol. The van der Waals surface area contributed by atoms with E-state index in [2.05, 4.69) is 17.5 Å². The van der Waals surface area contributed by atoms with Crippen LogP contribution in [0, 0.1) is 6.92 Å². The molecule has 1 amide bonds. The van der Waals surface area contributed by atoms with Crippen molar-refractivity contribution in [2.24, 2.45) is 0 Å². The van der Waals surface area contributed by atoms with Gasteiger partial charge in [-0.15, -0.1) is 0 Å². The third kappa shape index (κ3) is 4.33. The van der Waals surface area contributed by atoms with Crippen molar-refractivity contribution in [3.63, 3.8) is 0 Å². The Kier molecular flexibility index (Phi) is 4.93. The fraction of sp³-hybridized carbons (Fsp3) is 0.211. The molecule has 4 heteroatoms. The first-order valence-electron chi connectivity index (χ1n) is 7.57. The molecule has 0 saturated carbocycles. The van der Waals surface area contributed by atoms with Crippen molar-refractivity contribution < 1.29 is 9.21 Å². The number of carbonyl (C=O) groups is 1. The lowest BCUT2D eigenvalue weighted by Gasteiger charge is -2.21. The molecule has 0 aliphatic rings. The lowest BCUT2D eigenvalue weighted by Crippen LogP contribution is -2.31. The Balaban J connectivity index is 1.74. The Hall–Kier alpha value is -2.33. The van der Waals surface area contributed by atoms with Crippen LogP contribution >= 0.6 is 11.3 Å². The molecule has 3 aromatic rings. The molecule has 0 aliphatic carbocycles. The van der Waals surface area contributed by atoms with E-state index in [1.807, 2.05) is 47.5 Å². The molecule has 0 unspecified atom stereocenters. The molecule has 2 aromatic heterocycles. The molecule has 0 N–H and O–H groups in total. The molecular weight excluding hydrogens is 306 g/mol. The van der Waals surface area contributed by atoms with Gasteiger partial charge in [0.15, 0.2) is 0 Å². The van der Waals surface area contributed by atoms with E-state index in [1.165, 1.54) is 5.56 Å². The highest BCUT2D eigenvalue weighted by molar-refractivity contribution is 7.07. The number of amides is 1. The van der Waals surface area contributed by atoms with Crippen LogP contribution in [0.3, 0.4) is 0 Å². The average Bonchev–Trinajstić information content (AvgIpc) is 3.20. The van der Waals surface area contributed by atoms with Gasteiger partial charge in [0.25, 0.3) is 0 Å². The van der Waals surface area contributed by atoms with E-state index in [0.717, 1.165) is 16.9 Å². The first-order chi connectivity index (χ1) is 11.2. The Morgan fingerprint density at radius 2 is 2.04 bits per heavy atom. The van der Waals surface area contributed by atoms with Crippen LogP contribution in [0.5, 0.6) is 0 Å². The topological polar surface area (TPSA) is 33.5 Å². The summed E-state index contributed by atoms with van der Waals surface area (Å²) in [4.78, 5) is 14.6. The van der Waals surface area contributed by atoms with Gasteiger partial charge in [0.2, 0.25) is 5.91 Å². The fourth-order valence-electron chi connectivity index (χ4n) is 2.53. The number of carbonyl (C=O) groups excluding carboxylic acids is 1. The zero-order valence-electron chi connectivity index (χ0n) is 13.1. The van der Waals surface area contributed by atoms with E-state index < -0.39 is 0 Å². The van der Waals surface area contributed by atoms with Gasteiger partial charge < -0.3 is 9.32 Å². The second kappa shape index (κ2) is 7.29. The van der Waals surface area contributed by atoms with E-state index in [0.29, 0.717) is 19.5 Å². The average molecular weight is 325 g/mol. The van der Waals surface area contributed by atoms with Gasteiger partial charge >= 0.3 is 0 Å². The van der Waals surface area contributed by atoms with Crippen LogP contribution in [-0.2, 0) is 24.3 Å². The van der Waals surface area contributed by atoms with E-state index in [-0.39, 0.29) is 5.91 Å². The van der Waals surface area contributed by atoms with Crippen LogP contribution in [0.1, 0.15) is 22.5 Å². The van der Waals surface area contributed by atoms with Crippen molar-refractivity contribution in [3.8, 4) is 0 Å². The highest BCUT2D eigenvalue weighted by atomic mass is 32.1. The van der Waals surface area contributed by atoms with Crippen molar-refractivity contribution in [1.29, 1.82) is 0 Å². The van der Waals surface area contributed by atoms with Gasteiger partial charge in [0.05, 0.1) is 19.2 Å². The molecule has 0 bridgehead atoms. The van der Waals surface area contributed by atoms with Gasteiger partial charge in [-0.05, 0) is 47.0 Å². The zero-order valence-corrected chi connectivity index (χ0v) is 13.9. The summed E-state index contributed by atoms with van der Waals surface area (Å²) < 4.78 is 5.41. The molecule has 0 saturated heterocycles. The lowest BCUT2D eigenvalue weighted by molar-refractivity contribution is -0.132. The van der Waals surface area contributed by atoms with Crippen LogP contribution in [0.15, 0.2) is 63.9 Å². The van der Waals surface area contributed by atoms with Crippen molar-refractivity contribution in [2.45, 2.75) is 26.4 Å². The van der Waals surface area contributed by atoms with Crippen molar-refractivity contribution in [2.75, 3.05) is 0 Å². The minimum Gasteiger partial charge on any atom is -0.467 e. The first-order valence-corrected chi connectivity index (χ1v) is 8.52. The number of nitrogens with zero attached hydrogens (tertiary/aromatic N) is 1. The second-order valence-electron chi connectivity index (χ2n) is 5.63. The van der Waals surface area contributed by atoms with Crippen molar-refractivity contribution in [3.05, 3.63) is 81.9 Å². The summed E-state index contributed by atoms with van der Waals surface area (Å²) >= 11 is 1.65. The third-order valence-corrected chi connectivity index (χ3v) is 4.40. The minimum atomic E-state index is 0.109. The Morgan fingerprint density at radius 3 is 2.74 bits per heavy atom. The van der Waals surface area contributed by atoms with E-state index in [1.54, 1.807) is 17.6 Å². The molecule has 0 aliphatic heterocycles. The second-order valence-corrected chi connectivity index (χ2v) is 6.41. The minimum absolute atomic E-state index is 0.109. The SMILES string of the molecule is Cc1cccc(CC(=O)N(Cc2ccsc2)Cc2ccco2)c1. The highest BCUT2D eigenvalue weighted by Gasteiger charge is 2.16. The summed E-state index contributed by atoms with van der Waals surface area (Å²) in [5.41, 5.74) is 3.37. The molecule has 2 heterocycles. The quantitative estimate of drug-likeness (QED) is 0.672. The van der Waals surface area contributed by atoms with Gasteiger partial charge in [-0.25, -0.2) is 0 Å². The normalized spacial score (nSPS) is 10.7. The maximum atomic E-state index is 12.8. The van der Waals surface area contributed by atoms with Gasteiger partial charge in [0.1, 0.15) is 5.76 Å². The molecule has 23 heavy (non-hydrogen) atoms. The number of benzene rings is 1. The van der Waals surface area contributed by atoms with Crippen LogP contribution in [0.25, 0.3) is 0 Å².